The van der Waals surface area contributed by atoms with Crippen LogP contribution in [0.1, 0.15) is 25.0 Å². The van der Waals surface area contributed by atoms with Gasteiger partial charge in [0, 0.05) is 13.1 Å². The molecule has 0 fully saturated rings. The summed E-state index contributed by atoms with van der Waals surface area (Å²) < 4.78 is 21.5. The topological polar surface area (TPSA) is 95.1 Å². The molecule has 168 valence electrons. The molecule has 0 aliphatic carbocycles. The van der Waals surface area contributed by atoms with Gasteiger partial charge in [0.25, 0.3) is 0 Å². The minimum atomic E-state index is -0.870. The van der Waals surface area contributed by atoms with Gasteiger partial charge in [-0.1, -0.05) is 60.7 Å². The number of benzene rings is 2. The Morgan fingerprint density at radius 3 is 1.48 bits per heavy atom. The van der Waals surface area contributed by atoms with E-state index in [1.165, 1.54) is 0 Å². The summed E-state index contributed by atoms with van der Waals surface area (Å²) in [7, 11) is 0. The van der Waals surface area contributed by atoms with Crippen molar-refractivity contribution in [2.24, 2.45) is 0 Å². The van der Waals surface area contributed by atoms with Crippen LogP contribution in [0.25, 0.3) is 0 Å². The fourth-order valence-electron chi connectivity index (χ4n) is 2.49. The van der Waals surface area contributed by atoms with Crippen LogP contribution in [0.3, 0.4) is 0 Å². The number of ether oxygens (including phenoxy) is 4. The van der Waals surface area contributed by atoms with Gasteiger partial charge in [-0.15, -0.1) is 0 Å². The molecule has 2 aromatic carbocycles. The molecule has 0 bridgehead atoms. The number of carbonyl (C=O) groups is 2. The third-order valence-corrected chi connectivity index (χ3v) is 4.07. The second-order valence-corrected chi connectivity index (χ2v) is 7.07. The van der Waals surface area contributed by atoms with Crippen LogP contribution in [0.15, 0.2) is 60.7 Å². The SMILES string of the molecule is CC(C)(OCCNC(=O)OCc1ccccc1)OCCNC(=O)OCc1ccccc1. The third-order valence-electron chi connectivity index (χ3n) is 4.07. The summed E-state index contributed by atoms with van der Waals surface area (Å²) in [6.07, 6.45) is -1.02. The average Bonchev–Trinajstić information content (AvgIpc) is 2.78. The van der Waals surface area contributed by atoms with Crippen molar-refractivity contribution >= 4 is 12.2 Å². The Morgan fingerprint density at radius 2 is 1.10 bits per heavy atom. The van der Waals surface area contributed by atoms with E-state index in [4.69, 9.17) is 18.9 Å². The van der Waals surface area contributed by atoms with Crippen LogP contribution in [-0.2, 0) is 32.2 Å². The van der Waals surface area contributed by atoms with Gasteiger partial charge in [-0.2, -0.15) is 0 Å². The molecule has 0 unspecified atom stereocenters. The van der Waals surface area contributed by atoms with Gasteiger partial charge < -0.3 is 29.6 Å². The van der Waals surface area contributed by atoms with Gasteiger partial charge >= 0.3 is 12.2 Å². The molecule has 0 spiro atoms. The van der Waals surface area contributed by atoms with Crippen molar-refractivity contribution in [2.75, 3.05) is 26.3 Å². The van der Waals surface area contributed by atoms with Crippen molar-refractivity contribution in [1.29, 1.82) is 0 Å². The Labute approximate surface area is 182 Å². The van der Waals surface area contributed by atoms with Crippen LogP contribution in [-0.4, -0.2) is 44.3 Å². The lowest BCUT2D eigenvalue weighted by molar-refractivity contribution is -0.211. The monoisotopic (exact) mass is 430 g/mol. The standard InChI is InChI=1S/C23H30N2O6/c1-23(2,30-15-13-24-21(26)28-17-19-9-5-3-6-10-19)31-16-14-25-22(27)29-18-20-11-7-4-8-12-20/h3-12H,13-18H2,1-2H3,(H,24,26)(H,25,27). The molecule has 2 rings (SSSR count). The number of rotatable bonds is 12. The lowest BCUT2D eigenvalue weighted by atomic mass is 10.2. The predicted molar refractivity (Wildman–Crippen MR) is 115 cm³/mol. The summed E-state index contributed by atoms with van der Waals surface area (Å²) in [4.78, 5) is 23.4. The molecule has 0 radical (unpaired) electrons. The molecule has 2 N–H and O–H groups in total. The normalized spacial score (nSPS) is 10.9. The summed E-state index contributed by atoms with van der Waals surface area (Å²) in [5.74, 6) is -0.870. The van der Waals surface area contributed by atoms with E-state index in [2.05, 4.69) is 10.6 Å². The second kappa shape index (κ2) is 13.3. The smallest absolute Gasteiger partial charge is 0.407 e. The summed E-state index contributed by atoms with van der Waals surface area (Å²) >= 11 is 0. The highest BCUT2D eigenvalue weighted by molar-refractivity contribution is 5.67. The zero-order valence-corrected chi connectivity index (χ0v) is 18.0. The Hall–Kier alpha value is -3.10. The molecule has 0 aliphatic heterocycles. The van der Waals surface area contributed by atoms with Crippen LogP contribution in [0.5, 0.6) is 0 Å². The second-order valence-electron chi connectivity index (χ2n) is 7.07. The average molecular weight is 431 g/mol. The Balaban J connectivity index is 1.49. The van der Waals surface area contributed by atoms with E-state index in [9.17, 15) is 9.59 Å². The predicted octanol–water partition coefficient (Wildman–Crippen LogP) is 3.61. The van der Waals surface area contributed by atoms with Gasteiger partial charge in [0.15, 0.2) is 5.79 Å². The first-order valence-electron chi connectivity index (χ1n) is 10.1. The maximum Gasteiger partial charge on any atom is 0.407 e. The van der Waals surface area contributed by atoms with Crippen molar-refractivity contribution in [3.63, 3.8) is 0 Å². The van der Waals surface area contributed by atoms with Gasteiger partial charge in [-0.05, 0) is 25.0 Å². The molecule has 2 amide bonds. The summed E-state index contributed by atoms with van der Waals surface area (Å²) in [6, 6.07) is 18.9. The summed E-state index contributed by atoms with van der Waals surface area (Å²) in [6.45, 7) is 5.00. The van der Waals surface area contributed by atoms with E-state index < -0.39 is 18.0 Å². The van der Waals surface area contributed by atoms with Gasteiger partial charge in [0.1, 0.15) is 13.2 Å². The number of hydrogen-bond donors (Lipinski definition) is 2. The number of carbonyl (C=O) groups excluding carboxylic acids is 2. The molecule has 31 heavy (non-hydrogen) atoms. The minimum Gasteiger partial charge on any atom is -0.445 e. The van der Waals surface area contributed by atoms with Crippen molar-refractivity contribution in [3.05, 3.63) is 71.8 Å². The van der Waals surface area contributed by atoms with Crippen LogP contribution in [0.4, 0.5) is 9.59 Å². The summed E-state index contributed by atoms with van der Waals surface area (Å²) in [5.41, 5.74) is 1.84. The highest BCUT2D eigenvalue weighted by Gasteiger charge is 2.18. The van der Waals surface area contributed by atoms with Crippen LogP contribution < -0.4 is 10.6 Å². The number of nitrogens with one attached hydrogen (secondary N) is 2. The first-order valence-corrected chi connectivity index (χ1v) is 10.1. The number of amides is 2. The van der Waals surface area contributed by atoms with Crippen molar-refractivity contribution in [3.8, 4) is 0 Å². The molecule has 0 atom stereocenters. The van der Waals surface area contributed by atoms with Crippen LogP contribution in [0.2, 0.25) is 0 Å². The molecule has 0 heterocycles. The lowest BCUT2D eigenvalue weighted by Gasteiger charge is -2.25. The zero-order valence-electron chi connectivity index (χ0n) is 18.0. The van der Waals surface area contributed by atoms with Crippen molar-refractivity contribution in [2.45, 2.75) is 32.8 Å². The summed E-state index contributed by atoms with van der Waals surface area (Å²) in [5, 5.41) is 5.24. The van der Waals surface area contributed by atoms with Gasteiger partial charge in [0.05, 0.1) is 13.2 Å². The molecular weight excluding hydrogens is 400 g/mol. The first-order chi connectivity index (χ1) is 14.9. The molecule has 0 saturated heterocycles. The van der Waals surface area contributed by atoms with E-state index in [1.807, 2.05) is 60.7 Å². The van der Waals surface area contributed by atoms with Crippen LogP contribution >= 0.6 is 0 Å². The highest BCUT2D eigenvalue weighted by atomic mass is 16.7. The van der Waals surface area contributed by atoms with Crippen molar-refractivity contribution in [1.82, 2.24) is 10.6 Å². The largest absolute Gasteiger partial charge is 0.445 e. The third kappa shape index (κ3) is 11.0. The van der Waals surface area contributed by atoms with Crippen LogP contribution in [0, 0.1) is 0 Å². The molecule has 0 saturated carbocycles. The van der Waals surface area contributed by atoms with Crippen molar-refractivity contribution < 1.29 is 28.5 Å². The molecular formula is C23H30N2O6. The van der Waals surface area contributed by atoms with E-state index in [1.54, 1.807) is 13.8 Å². The Morgan fingerprint density at radius 1 is 0.710 bits per heavy atom. The van der Waals surface area contributed by atoms with E-state index in [0.29, 0.717) is 0 Å². The van der Waals surface area contributed by atoms with E-state index in [0.717, 1.165) is 11.1 Å². The zero-order chi connectivity index (χ0) is 22.4. The molecule has 0 aromatic heterocycles. The fourth-order valence-corrected chi connectivity index (χ4v) is 2.49. The minimum absolute atomic E-state index is 0.211. The number of hydrogen-bond acceptors (Lipinski definition) is 6. The van der Waals surface area contributed by atoms with E-state index >= 15 is 0 Å². The maximum absolute atomic E-state index is 11.7. The van der Waals surface area contributed by atoms with Gasteiger partial charge in [-0.25, -0.2) is 9.59 Å². The lowest BCUT2D eigenvalue weighted by Crippen LogP contribution is -2.36. The molecule has 8 nitrogen and oxygen atoms in total. The fraction of sp³-hybridized carbons (Fsp3) is 0.391. The maximum atomic E-state index is 11.7. The molecule has 2 aromatic rings. The van der Waals surface area contributed by atoms with E-state index in [-0.39, 0.29) is 39.5 Å². The number of alkyl carbamates (subject to hydrolysis) is 2. The Kier molecular flexibility index (Phi) is 10.3. The van der Waals surface area contributed by atoms with Gasteiger partial charge in [0.2, 0.25) is 0 Å². The highest BCUT2D eigenvalue weighted by Crippen LogP contribution is 2.10. The quantitative estimate of drug-likeness (QED) is 0.395. The molecule has 0 aliphatic rings. The first kappa shape index (κ1) is 24.2. The Bertz CT molecular complexity index is 718. The van der Waals surface area contributed by atoms with Gasteiger partial charge in [-0.3, -0.25) is 0 Å². The molecule has 8 heteroatoms.